The lowest BCUT2D eigenvalue weighted by molar-refractivity contribution is 0.102. The molecule has 3 aromatic rings. The summed E-state index contributed by atoms with van der Waals surface area (Å²) in [6.07, 6.45) is 0. The number of carbonyl (C=O) groups is 1. The van der Waals surface area contributed by atoms with Gasteiger partial charge >= 0.3 is 0 Å². The maximum absolute atomic E-state index is 12.5. The number of nitrogens with zero attached hydrogens (tertiary/aromatic N) is 2. The van der Waals surface area contributed by atoms with Gasteiger partial charge in [-0.3, -0.25) is 4.79 Å². The first kappa shape index (κ1) is 18.8. The zero-order valence-electron chi connectivity index (χ0n) is 15.5. The lowest BCUT2D eigenvalue weighted by atomic mass is 10.1. The molecule has 1 aromatic heterocycles. The molecule has 0 aliphatic heterocycles. The molecule has 0 atom stereocenters. The van der Waals surface area contributed by atoms with Crippen molar-refractivity contribution in [3.8, 4) is 5.75 Å². The van der Waals surface area contributed by atoms with E-state index in [2.05, 4.69) is 20.5 Å². The molecule has 1 amide bonds. The number of hydrogen-bond donors (Lipinski definition) is 5. The van der Waals surface area contributed by atoms with Gasteiger partial charge in [-0.1, -0.05) is 12.1 Å². The summed E-state index contributed by atoms with van der Waals surface area (Å²) in [4.78, 5) is 15.6. The predicted octanol–water partition coefficient (Wildman–Crippen LogP) is 2.01. The van der Waals surface area contributed by atoms with E-state index in [1.54, 1.807) is 44.4 Å². The van der Waals surface area contributed by atoms with Crippen molar-refractivity contribution in [3.05, 3.63) is 53.7 Å². The third-order valence-electron chi connectivity index (χ3n) is 4.09. The Hall–Kier alpha value is -4.01. The molecule has 0 unspecified atom stereocenters. The van der Waals surface area contributed by atoms with Gasteiger partial charge in [0, 0.05) is 16.6 Å². The summed E-state index contributed by atoms with van der Waals surface area (Å²) in [5.41, 5.74) is 20.2. The number of aromatic amines is 1. The Labute approximate surface area is 161 Å². The van der Waals surface area contributed by atoms with Crippen LogP contribution >= 0.6 is 0 Å². The van der Waals surface area contributed by atoms with Gasteiger partial charge in [0.25, 0.3) is 5.91 Å². The van der Waals surface area contributed by atoms with Crippen LogP contribution < -0.4 is 27.3 Å². The lowest BCUT2D eigenvalue weighted by Crippen LogP contribution is -2.22. The van der Waals surface area contributed by atoms with Crippen LogP contribution in [0.25, 0.3) is 10.9 Å². The van der Waals surface area contributed by atoms with Crippen molar-refractivity contribution < 1.29 is 9.53 Å². The van der Waals surface area contributed by atoms with Crippen LogP contribution in [0, 0.1) is 0 Å². The fourth-order valence-electron chi connectivity index (χ4n) is 2.66. The third-order valence-corrected chi connectivity index (χ3v) is 4.09. The van der Waals surface area contributed by atoms with Gasteiger partial charge in [0.1, 0.15) is 11.4 Å². The minimum atomic E-state index is -0.271. The molecular weight excluding hydrogens is 358 g/mol. The summed E-state index contributed by atoms with van der Waals surface area (Å²) >= 11 is 0. The van der Waals surface area contributed by atoms with Gasteiger partial charge in [0.05, 0.1) is 18.5 Å². The van der Waals surface area contributed by atoms with E-state index in [1.165, 1.54) is 0 Å². The third kappa shape index (κ3) is 4.04. The first-order chi connectivity index (χ1) is 13.4. The SMILES string of the molecule is COc1cc2cc(C(=O)Nc3ccc(/C(C)=N\N=C(N)N)cc3)[nH]c2cc1N. The van der Waals surface area contributed by atoms with Crippen molar-refractivity contribution in [1.82, 2.24) is 4.98 Å². The highest BCUT2D eigenvalue weighted by Gasteiger charge is 2.12. The normalized spacial score (nSPS) is 11.3. The number of amides is 1. The number of rotatable bonds is 5. The molecule has 3 rings (SSSR count). The molecule has 28 heavy (non-hydrogen) atoms. The van der Waals surface area contributed by atoms with Gasteiger partial charge in [-0.05, 0) is 42.8 Å². The standard InChI is InChI=1S/C19H21N7O2/c1-10(25-26-19(21)22)11-3-5-13(6-4-11)23-18(27)16-7-12-8-17(28-2)14(20)9-15(12)24-16/h3-9,24H,20H2,1-2H3,(H,23,27)(H4,21,22,26)/b25-10-. The number of nitrogens with one attached hydrogen (secondary N) is 2. The number of guanidine groups is 1. The molecule has 1 heterocycles. The topological polar surface area (TPSA) is 157 Å². The smallest absolute Gasteiger partial charge is 0.272 e. The van der Waals surface area contributed by atoms with Crippen molar-refractivity contribution in [3.63, 3.8) is 0 Å². The van der Waals surface area contributed by atoms with E-state index < -0.39 is 0 Å². The summed E-state index contributed by atoms with van der Waals surface area (Å²) in [5, 5.41) is 11.2. The highest BCUT2D eigenvalue weighted by molar-refractivity contribution is 6.06. The fraction of sp³-hybridized carbons (Fsp3) is 0.105. The zero-order valence-corrected chi connectivity index (χ0v) is 15.5. The van der Waals surface area contributed by atoms with Crippen LogP contribution in [0.15, 0.2) is 52.7 Å². The van der Waals surface area contributed by atoms with Gasteiger partial charge in [-0.25, -0.2) is 0 Å². The Balaban J connectivity index is 1.77. The highest BCUT2D eigenvalue weighted by Crippen LogP contribution is 2.28. The largest absolute Gasteiger partial charge is 0.495 e. The number of H-pyrrole nitrogens is 1. The van der Waals surface area contributed by atoms with E-state index in [9.17, 15) is 4.79 Å². The van der Waals surface area contributed by atoms with E-state index in [4.69, 9.17) is 21.9 Å². The molecule has 2 aromatic carbocycles. The molecule has 0 spiro atoms. The molecule has 0 fully saturated rings. The van der Waals surface area contributed by atoms with Gasteiger partial charge in [-0.2, -0.15) is 5.10 Å². The molecule has 0 saturated carbocycles. The minimum absolute atomic E-state index is 0.110. The van der Waals surface area contributed by atoms with E-state index >= 15 is 0 Å². The molecule has 144 valence electrons. The number of aromatic nitrogens is 1. The second kappa shape index (κ2) is 7.70. The van der Waals surface area contributed by atoms with Crippen LogP contribution in [0.1, 0.15) is 23.0 Å². The molecule has 9 heteroatoms. The minimum Gasteiger partial charge on any atom is -0.495 e. The molecular formula is C19H21N7O2. The molecule has 0 saturated heterocycles. The lowest BCUT2D eigenvalue weighted by Gasteiger charge is -2.05. The van der Waals surface area contributed by atoms with Gasteiger partial charge in [0.15, 0.2) is 0 Å². The second-order valence-electron chi connectivity index (χ2n) is 6.11. The molecule has 0 radical (unpaired) electrons. The van der Waals surface area contributed by atoms with Crippen LogP contribution in [-0.4, -0.2) is 29.7 Å². The van der Waals surface area contributed by atoms with Gasteiger partial charge in [-0.15, -0.1) is 5.10 Å². The number of methoxy groups -OCH3 is 1. The van der Waals surface area contributed by atoms with Crippen LogP contribution in [0.4, 0.5) is 11.4 Å². The first-order valence-corrected chi connectivity index (χ1v) is 8.38. The van der Waals surface area contributed by atoms with Crippen LogP contribution in [0.3, 0.4) is 0 Å². The number of anilines is 2. The average molecular weight is 379 g/mol. The summed E-state index contributed by atoms with van der Waals surface area (Å²) in [7, 11) is 1.55. The number of nitrogen functional groups attached to an aromatic ring is 1. The van der Waals surface area contributed by atoms with Crippen molar-refractivity contribution >= 4 is 39.9 Å². The maximum atomic E-state index is 12.5. The van der Waals surface area contributed by atoms with Crippen LogP contribution in [0.5, 0.6) is 5.75 Å². The predicted molar refractivity (Wildman–Crippen MR) is 112 cm³/mol. The number of nitrogens with two attached hydrogens (primary N) is 3. The second-order valence-corrected chi connectivity index (χ2v) is 6.11. The first-order valence-electron chi connectivity index (χ1n) is 8.38. The summed E-state index contributed by atoms with van der Waals surface area (Å²) in [5.74, 6) is 0.181. The molecule has 0 bridgehead atoms. The molecule has 0 aliphatic rings. The van der Waals surface area contributed by atoms with Crippen molar-refractivity contribution in [2.24, 2.45) is 21.7 Å². The van der Waals surface area contributed by atoms with Crippen molar-refractivity contribution in [2.75, 3.05) is 18.2 Å². The molecule has 8 N–H and O–H groups in total. The highest BCUT2D eigenvalue weighted by atomic mass is 16.5. The number of carbonyl (C=O) groups excluding carboxylic acids is 1. The van der Waals surface area contributed by atoms with Crippen molar-refractivity contribution in [2.45, 2.75) is 6.92 Å². The monoisotopic (exact) mass is 379 g/mol. The van der Waals surface area contributed by atoms with Crippen LogP contribution in [0.2, 0.25) is 0 Å². The summed E-state index contributed by atoms with van der Waals surface area (Å²) in [6.45, 7) is 1.78. The van der Waals surface area contributed by atoms with Gasteiger partial charge < -0.3 is 32.2 Å². The zero-order chi connectivity index (χ0) is 20.3. The molecule has 0 aliphatic carbocycles. The number of fused-ring (bicyclic) bond motifs is 1. The van der Waals surface area contributed by atoms with Gasteiger partial charge in [0.2, 0.25) is 5.96 Å². The van der Waals surface area contributed by atoms with E-state index in [-0.39, 0.29) is 11.9 Å². The number of ether oxygens (including phenoxy) is 1. The van der Waals surface area contributed by atoms with E-state index in [0.717, 1.165) is 16.5 Å². The number of hydrogen-bond acceptors (Lipinski definition) is 5. The Morgan fingerprint density at radius 3 is 2.46 bits per heavy atom. The maximum Gasteiger partial charge on any atom is 0.272 e. The Morgan fingerprint density at radius 1 is 1.11 bits per heavy atom. The summed E-state index contributed by atoms with van der Waals surface area (Å²) < 4.78 is 5.21. The quantitative estimate of drug-likeness (QED) is 0.198. The Kier molecular flexibility index (Phi) is 5.16. The average Bonchev–Trinajstić information content (AvgIpc) is 3.08. The van der Waals surface area contributed by atoms with Crippen LogP contribution in [-0.2, 0) is 0 Å². The summed E-state index contributed by atoms with van der Waals surface area (Å²) in [6, 6.07) is 12.4. The Bertz CT molecular complexity index is 1080. The van der Waals surface area contributed by atoms with E-state index in [1.807, 2.05) is 12.1 Å². The van der Waals surface area contributed by atoms with E-state index in [0.29, 0.717) is 28.5 Å². The van der Waals surface area contributed by atoms with Crippen molar-refractivity contribution in [1.29, 1.82) is 0 Å². The number of benzene rings is 2. The molecule has 9 nitrogen and oxygen atoms in total. The Morgan fingerprint density at radius 2 is 1.82 bits per heavy atom. The fourth-order valence-corrected chi connectivity index (χ4v) is 2.66.